The highest BCUT2D eigenvalue weighted by Gasteiger charge is 2.12. The zero-order valence-electron chi connectivity index (χ0n) is 9.93. The van der Waals surface area contributed by atoms with Crippen LogP contribution in [0.25, 0.3) is 10.2 Å². The lowest BCUT2D eigenvalue weighted by Gasteiger charge is -2.02. The first-order chi connectivity index (χ1) is 8.65. The molecule has 0 unspecified atom stereocenters. The van der Waals surface area contributed by atoms with Crippen molar-refractivity contribution in [2.75, 3.05) is 5.73 Å². The number of rotatable bonds is 2. The molecule has 0 aliphatic heterocycles. The van der Waals surface area contributed by atoms with E-state index >= 15 is 0 Å². The van der Waals surface area contributed by atoms with Gasteiger partial charge >= 0.3 is 0 Å². The summed E-state index contributed by atoms with van der Waals surface area (Å²) in [6.45, 7) is 3.83. The van der Waals surface area contributed by atoms with Crippen LogP contribution in [0, 0.1) is 13.8 Å². The third-order valence-corrected chi connectivity index (χ3v) is 4.43. The first kappa shape index (κ1) is 11.6. The number of aryl methyl sites for hydroxylation is 2. The van der Waals surface area contributed by atoms with Gasteiger partial charge in [0.2, 0.25) is 0 Å². The van der Waals surface area contributed by atoms with Crippen molar-refractivity contribution in [3.05, 3.63) is 29.1 Å². The van der Waals surface area contributed by atoms with Crippen LogP contribution in [0.4, 0.5) is 5.69 Å². The molecule has 0 radical (unpaired) electrons. The Kier molecular flexibility index (Phi) is 2.76. The quantitative estimate of drug-likeness (QED) is 0.724. The molecule has 92 valence electrons. The number of nitrogens with zero attached hydrogens (tertiary/aromatic N) is 2. The van der Waals surface area contributed by atoms with Crippen molar-refractivity contribution < 1.29 is 4.42 Å². The highest BCUT2D eigenvalue weighted by atomic mass is 32.2. The van der Waals surface area contributed by atoms with Gasteiger partial charge in [-0.3, -0.25) is 0 Å². The predicted molar refractivity (Wildman–Crippen MR) is 74.1 cm³/mol. The predicted octanol–water partition coefficient (Wildman–Crippen LogP) is 3.63. The maximum atomic E-state index is 6.11. The summed E-state index contributed by atoms with van der Waals surface area (Å²) in [6.07, 6.45) is 0. The molecule has 2 heterocycles. The molecule has 0 spiro atoms. The summed E-state index contributed by atoms with van der Waals surface area (Å²) in [5, 5.41) is 0.617. The van der Waals surface area contributed by atoms with Gasteiger partial charge in [0.15, 0.2) is 0 Å². The third-order valence-electron chi connectivity index (χ3n) is 2.71. The van der Waals surface area contributed by atoms with E-state index < -0.39 is 0 Å². The maximum Gasteiger partial charge on any atom is 0.261 e. The second-order valence-corrected chi connectivity index (χ2v) is 5.78. The summed E-state index contributed by atoms with van der Waals surface area (Å²) in [5.74, 6) is 0.839. The molecule has 0 aliphatic carbocycles. The molecule has 6 heteroatoms. The minimum Gasteiger partial charge on any atom is -0.436 e. The number of nitrogens with two attached hydrogens (primary N) is 1. The molecule has 0 amide bonds. The first-order valence-corrected chi connectivity index (χ1v) is 7.08. The second-order valence-electron chi connectivity index (χ2n) is 3.90. The number of benzene rings is 1. The lowest BCUT2D eigenvalue weighted by atomic mass is 10.3. The van der Waals surface area contributed by atoms with Crippen molar-refractivity contribution >= 4 is 39.0 Å². The number of aromatic nitrogens is 2. The number of hydrogen-bond acceptors (Lipinski definition) is 6. The molecule has 0 atom stereocenters. The summed E-state index contributed by atoms with van der Waals surface area (Å²) in [6, 6.07) is 4.00. The minimum absolute atomic E-state index is 0.617. The van der Waals surface area contributed by atoms with Crippen molar-refractivity contribution in [3.8, 4) is 0 Å². The van der Waals surface area contributed by atoms with Crippen LogP contribution in [0.5, 0.6) is 0 Å². The Hall–Kier alpha value is -1.53. The van der Waals surface area contributed by atoms with Crippen LogP contribution in [0.2, 0.25) is 0 Å². The van der Waals surface area contributed by atoms with E-state index in [1.54, 1.807) is 16.8 Å². The summed E-state index contributed by atoms with van der Waals surface area (Å²) in [4.78, 5) is 9.54. The van der Waals surface area contributed by atoms with Crippen molar-refractivity contribution in [2.45, 2.75) is 24.0 Å². The fourth-order valence-corrected chi connectivity index (χ4v) is 3.18. The van der Waals surface area contributed by atoms with Crippen LogP contribution < -0.4 is 5.73 Å². The normalized spacial score (nSPS) is 11.2. The smallest absolute Gasteiger partial charge is 0.261 e. The van der Waals surface area contributed by atoms with Gasteiger partial charge in [-0.05, 0) is 37.7 Å². The zero-order valence-corrected chi connectivity index (χ0v) is 11.6. The van der Waals surface area contributed by atoms with E-state index in [0.29, 0.717) is 10.9 Å². The molecule has 1 aromatic carbocycles. The summed E-state index contributed by atoms with van der Waals surface area (Å²) >= 11 is 3.01. The minimum atomic E-state index is 0.617. The topological polar surface area (TPSA) is 64.9 Å². The van der Waals surface area contributed by atoms with Gasteiger partial charge in [0, 0.05) is 4.90 Å². The van der Waals surface area contributed by atoms with Gasteiger partial charge in [-0.15, -0.1) is 11.3 Å². The molecule has 2 aromatic heterocycles. The largest absolute Gasteiger partial charge is 0.436 e. The van der Waals surface area contributed by atoms with Gasteiger partial charge in [-0.1, -0.05) is 0 Å². The fraction of sp³-hybridized carbons (Fsp3) is 0.167. The summed E-state index contributed by atoms with van der Waals surface area (Å²) in [5.41, 5.74) is 10.4. The Morgan fingerprint density at radius 3 is 2.89 bits per heavy atom. The molecule has 0 aliphatic rings. The van der Waals surface area contributed by atoms with Gasteiger partial charge in [0.1, 0.15) is 11.3 Å². The van der Waals surface area contributed by atoms with E-state index in [1.165, 1.54) is 11.8 Å². The van der Waals surface area contributed by atoms with Crippen LogP contribution in [-0.4, -0.2) is 9.97 Å². The number of hydrogen-bond donors (Lipinski definition) is 1. The van der Waals surface area contributed by atoms with Crippen LogP contribution in [0.1, 0.15) is 11.5 Å². The van der Waals surface area contributed by atoms with Crippen LogP contribution in [0.15, 0.2) is 32.2 Å². The van der Waals surface area contributed by atoms with Gasteiger partial charge in [0.25, 0.3) is 5.22 Å². The fourth-order valence-electron chi connectivity index (χ4n) is 1.60. The van der Waals surface area contributed by atoms with Crippen LogP contribution >= 0.6 is 23.1 Å². The molecule has 0 bridgehead atoms. The number of oxazole rings is 1. The monoisotopic (exact) mass is 277 g/mol. The maximum absolute atomic E-state index is 6.11. The Labute approximate surface area is 112 Å². The van der Waals surface area contributed by atoms with E-state index in [-0.39, 0.29) is 0 Å². The van der Waals surface area contributed by atoms with Crippen LogP contribution in [0.3, 0.4) is 0 Å². The SMILES string of the molecule is Cc1nc(Sc2ccc3scnc3c2N)oc1C. The van der Waals surface area contributed by atoms with E-state index in [9.17, 15) is 0 Å². The molecule has 2 N–H and O–H groups in total. The highest BCUT2D eigenvalue weighted by molar-refractivity contribution is 7.99. The third kappa shape index (κ3) is 1.87. The second kappa shape index (κ2) is 4.29. The van der Waals surface area contributed by atoms with Gasteiger partial charge in [0.05, 0.1) is 21.6 Å². The van der Waals surface area contributed by atoms with Gasteiger partial charge < -0.3 is 10.2 Å². The molecular formula is C12H11N3OS2. The molecular weight excluding hydrogens is 266 g/mol. The van der Waals surface area contributed by atoms with Gasteiger partial charge in [-0.25, -0.2) is 9.97 Å². The summed E-state index contributed by atoms with van der Waals surface area (Å²) < 4.78 is 6.64. The lowest BCUT2D eigenvalue weighted by Crippen LogP contribution is -1.90. The van der Waals surface area contributed by atoms with E-state index in [4.69, 9.17) is 10.2 Å². The Balaban J connectivity index is 2.01. The van der Waals surface area contributed by atoms with Crippen molar-refractivity contribution in [1.29, 1.82) is 0 Å². The number of anilines is 1. The van der Waals surface area contributed by atoms with Crippen molar-refractivity contribution in [3.63, 3.8) is 0 Å². The molecule has 18 heavy (non-hydrogen) atoms. The van der Waals surface area contributed by atoms with Crippen molar-refractivity contribution in [1.82, 2.24) is 9.97 Å². The van der Waals surface area contributed by atoms with Crippen molar-refractivity contribution in [2.24, 2.45) is 0 Å². The molecule has 4 nitrogen and oxygen atoms in total. The Morgan fingerprint density at radius 1 is 1.33 bits per heavy atom. The van der Waals surface area contributed by atoms with Gasteiger partial charge in [-0.2, -0.15) is 0 Å². The number of fused-ring (bicyclic) bond motifs is 1. The number of nitrogen functional groups attached to an aromatic ring is 1. The first-order valence-electron chi connectivity index (χ1n) is 5.38. The van der Waals surface area contributed by atoms with Crippen LogP contribution in [-0.2, 0) is 0 Å². The molecule has 0 saturated heterocycles. The number of thiazole rings is 1. The molecule has 0 fully saturated rings. The Morgan fingerprint density at radius 2 is 2.17 bits per heavy atom. The lowest BCUT2D eigenvalue weighted by molar-refractivity contribution is 0.431. The Bertz CT molecular complexity index is 698. The standard InChI is InChI=1S/C12H11N3OS2/c1-6-7(2)16-12(15-6)18-8-3-4-9-11(10(8)13)14-5-17-9/h3-5H,13H2,1-2H3. The average Bonchev–Trinajstić information content (AvgIpc) is 2.91. The average molecular weight is 277 g/mol. The summed E-state index contributed by atoms with van der Waals surface area (Å²) in [7, 11) is 0. The highest BCUT2D eigenvalue weighted by Crippen LogP contribution is 2.36. The molecule has 3 rings (SSSR count). The molecule has 0 saturated carbocycles. The van der Waals surface area contributed by atoms with E-state index in [2.05, 4.69) is 9.97 Å². The zero-order chi connectivity index (χ0) is 12.7. The van der Waals surface area contributed by atoms with E-state index in [0.717, 1.165) is 26.6 Å². The van der Waals surface area contributed by atoms with E-state index in [1.807, 2.05) is 26.0 Å². The molecule has 3 aromatic rings.